The average molecular weight is 228 g/mol. The summed E-state index contributed by atoms with van der Waals surface area (Å²) in [5, 5.41) is 3.29. The van der Waals surface area contributed by atoms with Crippen LogP contribution in [0.5, 0.6) is 0 Å². The smallest absolute Gasteiger partial charge is 0.241 e. The highest BCUT2D eigenvalue weighted by Gasteiger charge is 2.38. The minimum absolute atomic E-state index is 0.0209. The van der Waals surface area contributed by atoms with Gasteiger partial charge in [0.05, 0.1) is 24.4 Å². The molecule has 0 aromatic carbocycles. The number of rotatable bonds is 5. The lowest BCUT2D eigenvalue weighted by atomic mass is 10.1. The van der Waals surface area contributed by atoms with Crippen LogP contribution in [0.15, 0.2) is 0 Å². The zero-order valence-corrected chi connectivity index (χ0v) is 11.0. The standard InChI is InChI=1S/C12H24N2O2/c1-6-10-11(15)14(9(3)13-10)8-12(4,5)16-7-2/h9-10,13H,6-8H2,1-5H3. The molecular weight excluding hydrogens is 204 g/mol. The van der Waals surface area contributed by atoms with Gasteiger partial charge in [-0.25, -0.2) is 0 Å². The molecule has 0 aliphatic carbocycles. The number of nitrogens with one attached hydrogen (secondary N) is 1. The zero-order valence-electron chi connectivity index (χ0n) is 11.0. The Labute approximate surface area is 98.3 Å². The molecule has 2 atom stereocenters. The summed E-state index contributed by atoms with van der Waals surface area (Å²) in [4.78, 5) is 13.9. The van der Waals surface area contributed by atoms with Crippen LogP contribution >= 0.6 is 0 Å². The summed E-state index contributed by atoms with van der Waals surface area (Å²) in [5.41, 5.74) is -0.275. The Morgan fingerprint density at radius 3 is 2.50 bits per heavy atom. The molecule has 94 valence electrons. The predicted octanol–water partition coefficient (Wildman–Crippen LogP) is 1.36. The molecule has 4 nitrogen and oxygen atoms in total. The molecule has 1 rings (SSSR count). The van der Waals surface area contributed by atoms with E-state index in [-0.39, 0.29) is 23.7 Å². The third-order valence-electron chi connectivity index (χ3n) is 2.99. The first-order chi connectivity index (χ1) is 7.41. The minimum atomic E-state index is -0.275. The van der Waals surface area contributed by atoms with Gasteiger partial charge in [0.15, 0.2) is 0 Å². The number of amides is 1. The molecule has 2 unspecified atom stereocenters. The maximum Gasteiger partial charge on any atom is 0.241 e. The number of carbonyl (C=O) groups excluding carboxylic acids is 1. The highest BCUT2D eigenvalue weighted by Crippen LogP contribution is 2.18. The van der Waals surface area contributed by atoms with Gasteiger partial charge in [0.1, 0.15) is 0 Å². The Morgan fingerprint density at radius 1 is 1.44 bits per heavy atom. The van der Waals surface area contributed by atoms with Crippen LogP contribution in [0.4, 0.5) is 0 Å². The maximum absolute atomic E-state index is 12.0. The summed E-state index contributed by atoms with van der Waals surface area (Å²) in [7, 11) is 0. The second-order valence-corrected chi connectivity index (χ2v) is 4.96. The number of hydrogen-bond donors (Lipinski definition) is 1. The first-order valence-corrected chi connectivity index (χ1v) is 6.11. The van der Waals surface area contributed by atoms with Crippen LogP contribution in [0.25, 0.3) is 0 Å². The van der Waals surface area contributed by atoms with Gasteiger partial charge in [0.2, 0.25) is 5.91 Å². The molecule has 0 radical (unpaired) electrons. The van der Waals surface area contributed by atoms with Gasteiger partial charge in [-0.05, 0) is 34.1 Å². The van der Waals surface area contributed by atoms with Crippen LogP contribution in [0.3, 0.4) is 0 Å². The van der Waals surface area contributed by atoms with Crippen molar-refractivity contribution in [1.29, 1.82) is 0 Å². The molecule has 0 aromatic heterocycles. The normalized spacial score (nSPS) is 26.6. The van der Waals surface area contributed by atoms with E-state index in [0.717, 1.165) is 6.42 Å². The third-order valence-corrected chi connectivity index (χ3v) is 2.99. The molecule has 1 amide bonds. The SMILES string of the molecule is CCOC(C)(C)CN1C(=O)C(CC)NC1C. The summed E-state index contributed by atoms with van der Waals surface area (Å²) in [6, 6.07) is -0.0209. The second kappa shape index (κ2) is 5.15. The van der Waals surface area contributed by atoms with Gasteiger partial charge in [-0.15, -0.1) is 0 Å². The monoisotopic (exact) mass is 228 g/mol. The molecule has 1 aliphatic rings. The molecule has 0 spiro atoms. The predicted molar refractivity (Wildman–Crippen MR) is 64.1 cm³/mol. The fourth-order valence-electron chi connectivity index (χ4n) is 2.20. The van der Waals surface area contributed by atoms with Crippen molar-refractivity contribution in [3.63, 3.8) is 0 Å². The molecule has 16 heavy (non-hydrogen) atoms. The molecule has 1 saturated heterocycles. The lowest BCUT2D eigenvalue weighted by molar-refractivity contribution is -0.134. The highest BCUT2D eigenvalue weighted by molar-refractivity contribution is 5.84. The summed E-state index contributed by atoms with van der Waals surface area (Å²) in [6.45, 7) is 11.4. The lowest BCUT2D eigenvalue weighted by Gasteiger charge is -2.32. The molecular formula is C12H24N2O2. The van der Waals surface area contributed by atoms with E-state index in [1.54, 1.807) is 0 Å². The van der Waals surface area contributed by atoms with Crippen molar-refractivity contribution in [2.24, 2.45) is 0 Å². The van der Waals surface area contributed by atoms with E-state index in [2.05, 4.69) is 5.32 Å². The zero-order chi connectivity index (χ0) is 12.3. The summed E-state index contributed by atoms with van der Waals surface area (Å²) in [6.07, 6.45) is 0.951. The molecule has 1 N–H and O–H groups in total. The van der Waals surface area contributed by atoms with Gasteiger partial charge in [-0.3, -0.25) is 10.1 Å². The van der Waals surface area contributed by atoms with Crippen molar-refractivity contribution in [3.8, 4) is 0 Å². The number of ether oxygens (including phenoxy) is 1. The Bertz CT molecular complexity index is 253. The molecule has 1 heterocycles. The van der Waals surface area contributed by atoms with Crippen molar-refractivity contribution >= 4 is 5.91 Å². The fraction of sp³-hybridized carbons (Fsp3) is 0.917. The molecule has 1 aliphatic heterocycles. The average Bonchev–Trinajstić information content (AvgIpc) is 2.45. The molecule has 0 bridgehead atoms. The number of carbonyl (C=O) groups is 1. The maximum atomic E-state index is 12.0. The van der Waals surface area contributed by atoms with Crippen LogP contribution in [-0.4, -0.2) is 41.8 Å². The van der Waals surface area contributed by atoms with Crippen molar-refractivity contribution in [1.82, 2.24) is 10.2 Å². The van der Waals surface area contributed by atoms with Gasteiger partial charge in [0, 0.05) is 6.61 Å². The molecule has 0 aromatic rings. The second-order valence-electron chi connectivity index (χ2n) is 4.96. The van der Waals surface area contributed by atoms with E-state index in [4.69, 9.17) is 4.74 Å². The Hall–Kier alpha value is -0.610. The number of nitrogens with zero attached hydrogens (tertiary/aromatic N) is 1. The van der Waals surface area contributed by atoms with Gasteiger partial charge in [-0.1, -0.05) is 6.92 Å². The van der Waals surface area contributed by atoms with Gasteiger partial charge in [-0.2, -0.15) is 0 Å². The Kier molecular flexibility index (Phi) is 4.33. The van der Waals surface area contributed by atoms with E-state index < -0.39 is 0 Å². The van der Waals surface area contributed by atoms with Gasteiger partial charge < -0.3 is 9.64 Å². The van der Waals surface area contributed by atoms with Crippen LogP contribution in [0.2, 0.25) is 0 Å². The van der Waals surface area contributed by atoms with E-state index in [0.29, 0.717) is 13.2 Å². The van der Waals surface area contributed by atoms with Crippen molar-refractivity contribution in [2.75, 3.05) is 13.2 Å². The van der Waals surface area contributed by atoms with Crippen LogP contribution < -0.4 is 5.32 Å². The van der Waals surface area contributed by atoms with Crippen molar-refractivity contribution in [2.45, 2.75) is 58.8 Å². The van der Waals surface area contributed by atoms with Crippen molar-refractivity contribution < 1.29 is 9.53 Å². The number of hydrogen-bond acceptors (Lipinski definition) is 3. The Balaban J connectivity index is 2.63. The van der Waals surface area contributed by atoms with Gasteiger partial charge >= 0.3 is 0 Å². The van der Waals surface area contributed by atoms with Crippen LogP contribution in [-0.2, 0) is 9.53 Å². The van der Waals surface area contributed by atoms with E-state index in [9.17, 15) is 4.79 Å². The van der Waals surface area contributed by atoms with Crippen LogP contribution in [0, 0.1) is 0 Å². The lowest BCUT2D eigenvalue weighted by Crippen LogP contribution is -2.45. The van der Waals surface area contributed by atoms with E-state index in [1.807, 2.05) is 39.5 Å². The quantitative estimate of drug-likeness (QED) is 0.772. The van der Waals surface area contributed by atoms with E-state index in [1.165, 1.54) is 0 Å². The molecule has 1 fully saturated rings. The molecule has 0 saturated carbocycles. The summed E-state index contributed by atoms with van der Waals surface area (Å²) >= 11 is 0. The van der Waals surface area contributed by atoms with Gasteiger partial charge in [0.25, 0.3) is 0 Å². The Morgan fingerprint density at radius 2 is 2.06 bits per heavy atom. The van der Waals surface area contributed by atoms with Crippen molar-refractivity contribution in [3.05, 3.63) is 0 Å². The third kappa shape index (κ3) is 2.95. The first-order valence-electron chi connectivity index (χ1n) is 6.11. The summed E-state index contributed by atoms with van der Waals surface area (Å²) < 4.78 is 5.64. The fourth-order valence-corrected chi connectivity index (χ4v) is 2.20. The topological polar surface area (TPSA) is 41.6 Å². The summed E-state index contributed by atoms with van der Waals surface area (Å²) in [5.74, 6) is 0.197. The van der Waals surface area contributed by atoms with Crippen LogP contribution in [0.1, 0.15) is 41.0 Å². The largest absolute Gasteiger partial charge is 0.374 e. The highest BCUT2D eigenvalue weighted by atomic mass is 16.5. The first kappa shape index (κ1) is 13.5. The molecule has 4 heteroatoms. The van der Waals surface area contributed by atoms with E-state index >= 15 is 0 Å². The minimum Gasteiger partial charge on any atom is -0.374 e.